The molecule has 0 spiro atoms. The zero-order valence-corrected chi connectivity index (χ0v) is 11.1. The summed E-state index contributed by atoms with van der Waals surface area (Å²) in [5.74, 6) is 0. The van der Waals surface area contributed by atoms with Crippen molar-refractivity contribution in [1.82, 2.24) is 4.90 Å². The summed E-state index contributed by atoms with van der Waals surface area (Å²) < 4.78 is 0. The standard InChI is InChI=1S/C13H29NO/c1-5-9-11-13(15,10-6-2)12-14(7-3)8-4/h15H,5-12H2,1-4H3. The third-order valence-electron chi connectivity index (χ3n) is 3.12. The van der Waals surface area contributed by atoms with Crippen molar-refractivity contribution in [2.45, 2.75) is 65.4 Å². The molecule has 0 aromatic carbocycles. The van der Waals surface area contributed by atoms with Crippen LogP contribution < -0.4 is 0 Å². The van der Waals surface area contributed by atoms with Crippen molar-refractivity contribution < 1.29 is 5.11 Å². The minimum atomic E-state index is -0.448. The summed E-state index contributed by atoms with van der Waals surface area (Å²) in [5, 5.41) is 10.5. The summed E-state index contributed by atoms with van der Waals surface area (Å²) in [6.07, 6.45) is 5.26. The Bertz CT molecular complexity index is 145. The summed E-state index contributed by atoms with van der Waals surface area (Å²) >= 11 is 0. The van der Waals surface area contributed by atoms with E-state index in [-0.39, 0.29) is 0 Å². The van der Waals surface area contributed by atoms with Crippen LogP contribution in [0.25, 0.3) is 0 Å². The lowest BCUT2D eigenvalue weighted by atomic mass is 9.91. The van der Waals surface area contributed by atoms with Gasteiger partial charge in [0.25, 0.3) is 0 Å². The maximum Gasteiger partial charge on any atom is 0.0774 e. The second kappa shape index (κ2) is 8.12. The van der Waals surface area contributed by atoms with Gasteiger partial charge in [-0.1, -0.05) is 47.0 Å². The largest absolute Gasteiger partial charge is 0.389 e. The van der Waals surface area contributed by atoms with Gasteiger partial charge < -0.3 is 10.0 Å². The van der Waals surface area contributed by atoms with E-state index in [1.807, 2.05) is 0 Å². The number of hydrogen-bond donors (Lipinski definition) is 1. The second-order valence-corrected chi connectivity index (χ2v) is 4.54. The molecule has 0 heterocycles. The molecular formula is C13H29NO. The minimum Gasteiger partial charge on any atom is -0.389 e. The Morgan fingerprint density at radius 3 is 1.93 bits per heavy atom. The molecule has 2 heteroatoms. The van der Waals surface area contributed by atoms with Crippen molar-refractivity contribution in [3.8, 4) is 0 Å². The van der Waals surface area contributed by atoms with E-state index in [2.05, 4.69) is 32.6 Å². The molecule has 0 radical (unpaired) electrons. The summed E-state index contributed by atoms with van der Waals surface area (Å²) in [7, 11) is 0. The van der Waals surface area contributed by atoms with Crippen LogP contribution >= 0.6 is 0 Å². The molecule has 92 valence electrons. The molecular weight excluding hydrogens is 186 g/mol. The zero-order chi connectivity index (χ0) is 11.7. The molecule has 0 aliphatic rings. The van der Waals surface area contributed by atoms with Gasteiger partial charge in [-0.2, -0.15) is 0 Å². The molecule has 0 aromatic rings. The molecule has 0 bridgehead atoms. The topological polar surface area (TPSA) is 23.5 Å². The Morgan fingerprint density at radius 1 is 0.933 bits per heavy atom. The number of hydrogen-bond acceptors (Lipinski definition) is 2. The molecule has 0 aromatic heterocycles. The highest BCUT2D eigenvalue weighted by molar-refractivity contribution is 4.81. The van der Waals surface area contributed by atoms with Gasteiger partial charge in [0, 0.05) is 6.54 Å². The van der Waals surface area contributed by atoms with Gasteiger partial charge in [0.1, 0.15) is 0 Å². The highest BCUT2D eigenvalue weighted by Gasteiger charge is 2.26. The Balaban J connectivity index is 4.20. The molecule has 0 amide bonds. The van der Waals surface area contributed by atoms with Crippen LogP contribution in [0.1, 0.15) is 59.8 Å². The molecule has 15 heavy (non-hydrogen) atoms. The lowest BCUT2D eigenvalue weighted by molar-refractivity contribution is -0.0111. The van der Waals surface area contributed by atoms with Crippen molar-refractivity contribution in [2.75, 3.05) is 19.6 Å². The van der Waals surface area contributed by atoms with Gasteiger partial charge >= 0.3 is 0 Å². The lowest BCUT2D eigenvalue weighted by Crippen LogP contribution is -2.43. The van der Waals surface area contributed by atoms with E-state index in [4.69, 9.17) is 0 Å². The molecule has 0 saturated carbocycles. The van der Waals surface area contributed by atoms with Crippen LogP contribution in [0.4, 0.5) is 0 Å². The maximum absolute atomic E-state index is 10.5. The van der Waals surface area contributed by atoms with Crippen molar-refractivity contribution >= 4 is 0 Å². The Morgan fingerprint density at radius 2 is 1.53 bits per heavy atom. The van der Waals surface area contributed by atoms with Crippen molar-refractivity contribution in [2.24, 2.45) is 0 Å². The average Bonchev–Trinajstić information content (AvgIpc) is 2.24. The van der Waals surface area contributed by atoms with E-state index >= 15 is 0 Å². The highest BCUT2D eigenvalue weighted by Crippen LogP contribution is 2.21. The highest BCUT2D eigenvalue weighted by atomic mass is 16.3. The monoisotopic (exact) mass is 215 g/mol. The van der Waals surface area contributed by atoms with E-state index in [9.17, 15) is 5.11 Å². The van der Waals surface area contributed by atoms with Crippen LogP contribution in [0.2, 0.25) is 0 Å². The first-order valence-corrected chi connectivity index (χ1v) is 6.56. The number of rotatable bonds is 9. The first-order valence-electron chi connectivity index (χ1n) is 6.56. The molecule has 0 fully saturated rings. The van der Waals surface area contributed by atoms with E-state index in [0.717, 1.165) is 45.3 Å². The summed E-state index contributed by atoms with van der Waals surface area (Å²) in [4.78, 5) is 2.32. The van der Waals surface area contributed by atoms with Gasteiger partial charge in [-0.3, -0.25) is 0 Å². The average molecular weight is 215 g/mol. The lowest BCUT2D eigenvalue weighted by Gasteiger charge is -2.33. The fourth-order valence-corrected chi connectivity index (χ4v) is 2.12. The molecule has 0 saturated heterocycles. The Labute approximate surface area is 95.7 Å². The van der Waals surface area contributed by atoms with Crippen LogP contribution in [0, 0.1) is 0 Å². The first-order chi connectivity index (χ1) is 7.11. The van der Waals surface area contributed by atoms with Gasteiger partial charge in [-0.15, -0.1) is 0 Å². The fourth-order valence-electron chi connectivity index (χ4n) is 2.12. The number of nitrogens with zero attached hydrogens (tertiary/aromatic N) is 1. The fraction of sp³-hybridized carbons (Fsp3) is 1.00. The number of aliphatic hydroxyl groups is 1. The molecule has 0 rings (SSSR count). The van der Waals surface area contributed by atoms with E-state index in [1.165, 1.54) is 6.42 Å². The van der Waals surface area contributed by atoms with Crippen LogP contribution in [0.3, 0.4) is 0 Å². The van der Waals surface area contributed by atoms with Gasteiger partial charge in [0.2, 0.25) is 0 Å². The van der Waals surface area contributed by atoms with Gasteiger partial charge in [-0.05, 0) is 25.9 Å². The third-order valence-corrected chi connectivity index (χ3v) is 3.12. The van der Waals surface area contributed by atoms with Crippen LogP contribution in [-0.4, -0.2) is 35.2 Å². The predicted molar refractivity (Wildman–Crippen MR) is 67.2 cm³/mol. The van der Waals surface area contributed by atoms with Gasteiger partial charge in [0.15, 0.2) is 0 Å². The van der Waals surface area contributed by atoms with Gasteiger partial charge in [-0.25, -0.2) is 0 Å². The smallest absolute Gasteiger partial charge is 0.0774 e. The molecule has 1 N–H and O–H groups in total. The molecule has 2 nitrogen and oxygen atoms in total. The van der Waals surface area contributed by atoms with Crippen molar-refractivity contribution in [1.29, 1.82) is 0 Å². The SMILES string of the molecule is CCCCC(O)(CCC)CN(CC)CC. The van der Waals surface area contributed by atoms with Crippen LogP contribution in [0.15, 0.2) is 0 Å². The second-order valence-electron chi connectivity index (χ2n) is 4.54. The predicted octanol–water partition coefficient (Wildman–Crippen LogP) is 3.05. The quantitative estimate of drug-likeness (QED) is 0.639. The first kappa shape index (κ1) is 14.9. The minimum absolute atomic E-state index is 0.448. The summed E-state index contributed by atoms with van der Waals surface area (Å²) in [5.41, 5.74) is -0.448. The van der Waals surface area contributed by atoms with Crippen molar-refractivity contribution in [3.05, 3.63) is 0 Å². The van der Waals surface area contributed by atoms with Crippen LogP contribution in [-0.2, 0) is 0 Å². The maximum atomic E-state index is 10.5. The van der Waals surface area contributed by atoms with E-state index < -0.39 is 5.60 Å². The Kier molecular flexibility index (Phi) is 8.07. The number of unbranched alkanes of at least 4 members (excludes halogenated alkanes) is 1. The normalized spacial score (nSPS) is 15.6. The zero-order valence-electron chi connectivity index (χ0n) is 11.1. The third kappa shape index (κ3) is 6.16. The molecule has 0 aliphatic carbocycles. The van der Waals surface area contributed by atoms with E-state index in [0.29, 0.717) is 0 Å². The van der Waals surface area contributed by atoms with Crippen LogP contribution in [0.5, 0.6) is 0 Å². The number of likely N-dealkylation sites (N-methyl/N-ethyl adjacent to an activating group) is 1. The molecule has 1 atom stereocenters. The summed E-state index contributed by atoms with van der Waals surface area (Å²) in [6, 6.07) is 0. The van der Waals surface area contributed by atoms with E-state index in [1.54, 1.807) is 0 Å². The Hall–Kier alpha value is -0.0800. The molecule has 1 unspecified atom stereocenters. The summed E-state index contributed by atoms with van der Waals surface area (Å²) in [6.45, 7) is 11.6. The molecule has 0 aliphatic heterocycles. The van der Waals surface area contributed by atoms with Crippen molar-refractivity contribution in [3.63, 3.8) is 0 Å². The van der Waals surface area contributed by atoms with Gasteiger partial charge in [0.05, 0.1) is 5.60 Å².